The molecule has 4 rings (SSSR count). The second-order valence-electron chi connectivity index (χ2n) is 5.47. The van der Waals surface area contributed by atoms with Gasteiger partial charge in [-0.1, -0.05) is 30.3 Å². The van der Waals surface area contributed by atoms with E-state index >= 15 is 0 Å². The second-order valence-corrected chi connectivity index (χ2v) is 5.47. The van der Waals surface area contributed by atoms with Crippen LogP contribution in [0.5, 0.6) is 0 Å². The van der Waals surface area contributed by atoms with Crippen molar-refractivity contribution < 1.29 is 9.52 Å². The van der Waals surface area contributed by atoms with Gasteiger partial charge in [0.15, 0.2) is 11.5 Å². The highest BCUT2D eigenvalue weighted by Crippen LogP contribution is 2.18. The summed E-state index contributed by atoms with van der Waals surface area (Å²) in [6.45, 7) is 0. The number of nitrogens with zero attached hydrogens (tertiary/aromatic N) is 2. The van der Waals surface area contributed by atoms with Gasteiger partial charge in [0, 0.05) is 11.8 Å². The average molecular weight is 330 g/mol. The molecule has 0 amide bonds. The lowest BCUT2D eigenvalue weighted by atomic mass is 10.2. The molecule has 25 heavy (non-hydrogen) atoms. The molecule has 2 heterocycles. The van der Waals surface area contributed by atoms with Crippen molar-refractivity contribution in [2.75, 3.05) is 0 Å². The summed E-state index contributed by atoms with van der Waals surface area (Å²) >= 11 is 0. The molecule has 5 heteroatoms. The Labute approximate surface area is 143 Å². The minimum Gasteiger partial charge on any atom is -0.504 e. The number of hydrogen-bond donors (Lipinski definition) is 1. The van der Waals surface area contributed by atoms with Crippen molar-refractivity contribution in [1.82, 2.24) is 9.55 Å². The van der Waals surface area contributed by atoms with Gasteiger partial charge in [-0.05, 0) is 36.4 Å². The Morgan fingerprint density at radius 1 is 1.00 bits per heavy atom. The molecule has 0 saturated heterocycles. The number of aromatic nitrogens is 2. The summed E-state index contributed by atoms with van der Waals surface area (Å²) in [5.41, 5.74) is 1.91. The zero-order chi connectivity index (χ0) is 17.2. The van der Waals surface area contributed by atoms with E-state index in [0.717, 1.165) is 5.69 Å². The van der Waals surface area contributed by atoms with Crippen LogP contribution < -0.4 is 5.56 Å². The second kappa shape index (κ2) is 6.13. The van der Waals surface area contributed by atoms with Crippen LogP contribution in [-0.4, -0.2) is 14.7 Å². The molecular weight excluding hydrogens is 316 g/mol. The summed E-state index contributed by atoms with van der Waals surface area (Å²) in [7, 11) is 0. The molecule has 0 saturated carbocycles. The fourth-order valence-corrected chi connectivity index (χ4v) is 2.70. The molecule has 0 bridgehead atoms. The van der Waals surface area contributed by atoms with Gasteiger partial charge in [0.1, 0.15) is 5.69 Å². The fourth-order valence-electron chi connectivity index (χ4n) is 2.70. The monoisotopic (exact) mass is 330 g/mol. The molecule has 1 N–H and O–H groups in total. The van der Waals surface area contributed by atoms with Crippen molar-refractivity contribution in [2.24, 2.45) is 0 Å². The normalized spacial score (nSPS) is 11.8. The molecule has 122 valence electrons. The Balaban J connectivity index is 2.00. The molecule has 0 fully saturated rings. The van der Waals surface area contributed by atoms with Gasteiger partial charge >= 0.3 is 0 Å². The third kappa shape index (κ3) is 2.72. The van der Waals surface area contributed by atoms with Crippen molar-refractivity contribution in [1.29, 1.82) is 0 Å². The van der Waals surface area contributed by atoms with Crippen LogP contribution in [0.4, 0.5) is 0 Å². The maximum atomic E-state index is 13.0. The highest BCUT2D eigenvalue weighted by molar-refractivity contribution is 5.80. The van der Waals surface area contributed by atoms with Crippen molar-refractivity contribution in [3.8, 4) is 5.69 Å². The van der Waals surface area contributed by atoms with Crippen LogP contribution in [0.2, 0.25) is 0 Å². The third-order valence-corrected chi connectivity index (χ3v) is 3.85. The number of hydrogen-bond acceptors (Lipinski definition) is 4. The van der Waals surface area contributed by atoms with Gasteiger partial charge in [-0.2, -0.15) is 0 Å². The standard InChI is InChI=1S/C20H14N2O3/c23-18(19-11-6-12-25-19)13-16-20(24)22(14-7-2-1-3-8-14)17-10-5-4-9-15(17)21-16/h1-13,23H/b18-13-. The maximum Gasteiger partial charge on any atom is 0.281 e. The van der Waals surface area contributed by atoms with E-state index in [-0.39, 0.29) is 22.8 Å². The van der Waals surface area contributed by atoms with Crippen LogP contribution in [0, 0.1) is 0 Å². The Morgan fingerprint density at radius 2 is 1.76 bits per heavy atom. The first-order chi connectivity index (χ1) is 12.2. The Kier molecular flexibility index (Phi) is 3.67. The van der Waals surface area contributed by atoms with Crippen molar-refractivity contribution in [3.63, 3.8) is 0 Å². The zero-order valence-electron chi connectivity index (χ0n) is 13.2. The van der Waals surface area contributed by atoms with Gasteiger partial charge in [0.2, 0.25) is 0 Å². The largest absolute Gasteiger partial charge is 0.504 e. The van der Waals surface area contributed by atoms with E-state index in [1.807, 2.05) is 54.6 Å². The van der Waals surface area contributed by atoms with Gasteiger partial charge in [-0.25, -0.2) is 4.98 Å². The SMILES string of the molecule is O=c1c(/C=C(\O)c2ccco2)nc2ccccc2n1-c1ccccc1. The van der Waals surface area contributed by atoms with Crippen LogP contribution in [0.25, 0.3) is 28.6 Å². The number of rotatable bonds is 3. The van der Waals surface area contributed by atoms with Gasteiger partial charge in [-0.15, -0.1) is 0 Å². The van der Waals surface area contributed by atoms with Crippen molar-refractivity contribution >= 4 is 22.9 Å². The average Bonchev–Trinajstić information content (AvgIpc) is 3.18. The quantitative estimate of drug-likeness (QED) is 0.576. The first-order valence-corrected chi connectivity index (χ1v) is 7.76. The van der Waals surface area contributed by atoms with E-state index in [1.54, 1.807) is 16.7 Å². The predicted octanol–water partition coefficient (Wildman–Crippen LogP) is 4.03. The van der Waals surface area contributed by atoms with Crippen molar-refractivity contribution in [2.45, 2.75) is 0 Å². The summed E-state index contributed by atoms with van der Waals surface area (Å²) in [6.07, 6.45) is 2.78. The molecule has 4 aromatic rings. The van der Waals surface area contributed by atoms with E-state index < -0.39 is 0 Å². The lowest BCUT2D eigenvalue weighted by Gasteiger charge is -2.11. The van der Waals surface area contributed by atoms with Crippen LogP contribution in [-0.2, 0) is 0 Å². The van der Waals surface area contributed by atoms with Crippen LogP contribution in [0.3, 0.4) is 0 Å². The molecule has 0 aliphatic rings. The van der Waals surface area contributed by atoms with E-state index in [4.69, 9.17) is 4.42 Å². The van der Waals surface area contributed by atoms with E-state index in [2.05, 4.69) is 4.98 Å². The lowest BCUT2D eigenvalue weighted by Crippen LogP contribution is -2.22. The topological polar surface area (TPSA) is 68.3 Å². The predicted molar refractivity (Wildman–Crippen MR) is 96.5 cm³/mol. The molecule has 0 radical (unpaired) electrons. The maximum absolute atomic E-state index is 13.0. The Morgan fingerprint density at radius 3 is 2.52 bits per heavy atom. The summed E-state index contributed by atoms with van der Waals surface area (Å²) in [5.74, 6) is 0.130. The number of aliphatic hydroxyl groups excluding tert-OH is 1. The molecule has 2 aromatic heterocycles. The van der Waals surface area contributed by atoms with Crippen molar-refractivity contribution in [3.05, 3.63) is 94.8 Å². The van der Waals surface area contributed by atoms with Gasteiger partial charge in [0.25, 0.3) is 5.56 Å². The first-order valence-electron chi connectivity index (χ1n) is 7.76. The summed E-state index contributed by atoms with van der Waals surface area (Å²) in [4.78, 5) is 17.4. The summed E-state index contributed by atoms with van der Waals surface area (Å²) in [5, 5.41) is 10.2. The molecule has 0 aliphatic heterocycles. The minimum absolute atomic E-state index is 0.136. The smallest absolute Gasteiger partial charge is 0.281 e. The first kappa shape index (κ1) is 15.0. The van der Waals surface area contributed by atoms with Gasteiger partial charge < -0.3 is 9.52 Å². The van der Waals surface area contributed by atoms with Gasteiger partial charge in [-0.3, -0.25) is 9.36 Å². The van der Waals surface area contributed by atoms with E-state index in [9.17, 15) is 9.90 Å². The molecular formula is C20H14N2O3. The van der Waals surface area contributed by atoms with E-state index in [0.29, 0.717) is 11.0 Å². The summed E-state index contributed by atoms with van der Waals surface area (Å²) in [6, 6.07) is 20.0. The number of para-hydroxylation sites is 3. The highest BCUT2D eigenvalue weighted by atomic mass is 16.4. The molecule has 0 aliphatic carbocycles. The number of aliphatic hydroxyl groups is 1. The number of fused-ring (bicyclic) bond motifs is 1. The highest BCUT2D eigenvalue weighted by Gasteiger charge is 2.12. The van der Waals surface area contributed by atoms with Crippen LogP contribution >= 0.6 is 0 Å². The molecule has 2 aromatic carbocycles. The molecule has 0 spiro atoms. The molecule has 5 nitrogen and oxygen atoms in total. The molecule has 0 atom stereocenters. The third-order valence-electron chi connectivity index (χ3n) is 3.85. The van der Waals surface area contributed by atoms with E-state index in [1.165, 1.54) is 12.3 Å². The number of benzene rings is 2. The number of furan rings is 1. The lowest BCUT2D eigenvalue weighted by molar-refractivity contribution is 0.462. The summed E-state index contributed by atoms with van der Waals surface area (Å²) < 4.78 is 6.74. The Hall–Kier alpha value is -3.60. The van der Waals surface area contributed by atoms with Crippen LogP contribution in [0.1, 0.15) is 11.5 Å². The fraction of sp³-hybridized carbons (Fsp3) is 0. The van der Waals surface area contributed by atoms with Crippen LogP contribution in [0.15, 0.2) is 82.2 Å². The molecule has 0 unspecified atom stereocenters. The minimum atomic E-state index is -0.317. The zero-order valence-corrected chi connectivity index (χ0v) is 13.2. The van der Waals surface area contributed by atoms with Gasteiger partial charge in [0.05, 0.1) is 17.3 Å². The Bertz CT molecular complexity index is 1110.